The minimum absolute atomic E-state index is 0.162. The maximum absolute atomic E-state index is 14.1. The first-order valence-corrected chi connectivity index (χ1v) is 11.5. The van der Waals surface area contributed by atoms with Gasteiger partial charge in [0.15, 0.2) is 5.60 Å². The minimum atomic E-state index is -1.89. The van der Waals surface area contributed by atoms with Gasteiger partial charge in [-0.2, -0.15) is 0 Å². The Morgan fingerprint density at radius 3 is 1.91 bits per heavy atom. The van der Waals surface area contributed by atoms with Crippen molar-refractivity contribution in [3.8, 4) is 0 Å². The summed E-state index contributed by atoms with van der Waals surface area (Å²) in [4.78, 5) is 2.17. The lowest BCUT2D eigenvalue weighted by atomic mass is 9.84. The third-order valence-corrected chi connectivity index (χ3v) is 5.83. The number of halogens is 3. The molecule has 4 aromatic rings. The molecule has 0 spiro atoms. The summed E-state index contributed by atoms with van der Waals surface area (Å²) in [7, 11) is 0. The van der Waals surface area contributed by atoms with Crippen LogP contribution in [0.25, 0.3) is 0 Å². The van der Waals surface area contributed by atoms with Gasteiger partial charge in [0.25, 0.3) is 0 Å². The van der Waals surface area contributed by atoms with Crippen molar-refractivity contribution in [3.05, 3.63) is 131 Å². The number of hydrogen-bond donors (Lipinski definition) is 1. The molecule has 0 fully saturated rings. The van der Waals surface area contributed by atoms with E-state index < -0.39 is 17.2 Å². The SMILES string of the molecule is CC(C)CN(Cc1ccc(F)cc1)Cc1ccc(C(O)(c2cccc(F)c2)c2cccc(F)c2)o1. The van der Waals surface area contributed by atoms with Crippen LogP contribution in [-0.2, 0) is 18.7 Å². The third kappa shape index (κ3) is 5.84. The highest BCUT2D eigenvalue weighted by Crippen LogP contribution is 2.38. The van der Waals surface area contributed by atoms with Crippen molar-refractivity contribution in [2.75, 3.05) is 6.54 Å². The van der Waals surface area contributed by atoms with E-state index >= 15 is 0 Å². The van der Waals surface area contributed by atoms with E-state index in [-0.39, 0.29) is 22.7 Å². The molecule has 3 aromatic carbocycles. The molecule has 0 saturated heterocycles. The molecule has 1 aromatic heterocycles. The Balaban J connectivity index is 1.67. The summed E-state index contributed by atoms with van der Waals surface area (Å²) in [5.74, 6) is -0.197. The van der Waals surface area contributed by atoms with Gasteiger partial charge in [0.1, 0.15) is 29.0 Å². The molecular weight excluding hydrogens is 451 g/mol. The summed E-state index contributed by atoms with van der Waals surface area (Å²) in [5.41, 5.74) is -0.457. The molecule has 0 aliphatic rings. The van der Waals surface area contributed by atoms with Crippen LogP contribution in [0.3, 0.4) is 0 Å². The summed E-state index contributed by atoms with van der Waals surface area (Å²) in [6, 6.07) is 20.9. The van der Waals surface area contributed by atoms with Crippen LogP contribution in [0.1, 0.15) is 42.1 Å². The van der Waals surface area contributed by atoms with E-state index in [1.54, 1.807) is 36.4 Å². The zero-order chi connectivity index (χ0) is 25.0. The molecule has 0 amide bonds. The first-order chi connectivity index (χ1) is 16.7. The summed E-state index contributed by atoms with van der Waals surface area (Å²) in [6.07, 6.45) is 0. The molecule has 0 bridgehead atoms. The van der Waals surface area contributed by atoms with Crippen molar-refractivity contribution in [1.82, 2.24) is 4.90 Å². The first-order valence-electron chi connectivity index (χ1n) is 11.5. The van der Waals surface area contributed by atoms with Gasteiger partial charge in [-0.05, 0) is 71.1 Å². The fourth-order valence-electron chi connectivity index (χ4n) is 4.31. The number of hydrogen-bond acceptors (Lipinski definition) is 3. The second kappa shape index (κ2) is 10.5. The fraction of sp³-hybridized carbons (Fsp3) is 0.241. The summed E-state index contributed by atoms with van der Waals surface area (Å²) in [5, 5.41) is 11.9. The van der Waals surface area contributed by atoms with E-state index in [9.17, 15) is 18.3 Å². The Bertz CT molecular complexity index is 1220. The highest BCUT2D eigenvalue weighted by atomic mass is 19.1. The van der Waals surface area contributed by atoms with Gasteiger partial charge in [-0.15, -0.1) is 0 Å². The summed E-state index contributed by atoms with van der Waals surface area (Å²) in [6.45, 7) is 6.02. The van der Waals surface area contributed by atoms with Crippen molar-refractivity contribution in [2.45, 2.75) is 32.5 Å². The lowest BCUT2D eigenvalue weighted by Gasteiger charge is -2.28. The topological polar surface area (TPSA) is 36.6 Å². The average Bonchev–Trinajstić information content (AvgIpc) is 3.28. The number of rotatable bonds is 9. The Hall–Kier alpha value is -3.35. The van der Waals surface area contributed by atoms with Crippen LogP contribution < -0.4 is 0 Å². The number of aliphatic hydroxyl groups is 1. The van der Waals surface area contributed by atoms with Crippen molar-refractivity contribution >= 4 is 0 Å². The number of nitrogens with zero attached hydrogens (tertiary/aromatic N) is 1. The number of benzene rings is 3. The molecule has 182 valence electrons. The van der Waals surface area contributed by atoms with Gasteiger partial charge in [-0.25, -0.2) is 13.2 Å². The van der Waals surface area contributed by atoms with Gasteiger partial charge in [-0.3, -0.25) is 4.90 Å². The van der Waals surface area contributed by atoms with Crippen LogP contribution in [0, 0.1) is 23.4 Å². The smallest absolute Gasteiger partial charge is 0.173 e. The summed E-state index contributed by atoms with van der Waals surface area (Å²) < 4.78 is 47.6. The average molecular weight is 480 g/mol. The zero-order valence-corrected chi connectivity index (χ0v) is 19.7. The Labute approximate surface area is 203 Å². The molecule has 35 heavy (non-hydrogen) atoms. The quantitative estimate of drug-likeness (QED) is 0.292. The molecule has 3 nitrogen and oxygen atoms in total. The van der Waals surface area contributed by atoms with E-state index in [0.29, 0.717) is 24.8 Å². The van der Waals surface area contributed by atoms with Gasteiger partial charge < -0.3 is 9.52 Å². The van der Waals surface area contributed by atoms with Gasteiger partial charge >= 0.3 is 0 Å². The molecule has 6 heteroatoms. The van der Waals surface area contributed by atoms with Crippen molar-refractivity contribution in [2.24, 2.45) is 5.92 Å². The van der Waals surface area contributed by atoms with Crippen LogP contribution in [0.15, 0.2) is 89.3 Å². The lowest BCUT2D eigenvalue weighted by molar-refractivity contribution is 0.0941. The number of furan rings is 1. The summed E-state index contributed by atoms with van der Waals surface area (Å²) >= 11 is 0. The lowest BCUT2D eigenvalue weighted by Crippen LogP contribution is -2.29. The molecule has 1 N–H and O–H groups in total. The predicted octanol–water partition coefficient (Wildman–Crippen LogP) is 6.64. The van der Waals surface area contributed by atoms with E-state index in [2.05, 4.69) is 18.7 Å². The van der Waals surface area contributed by atoms with E-state index in [0.717, 1.165) is 12.1 Å². The molecule has 0 radical (unpaired) electrons. The standard InChI is InChI=1S/C29H28F3NO2/c1-20(2)17-33(18-21-9-11-24(30)12-10-21)19-27-13-14-28(35-27)29(34,22-5-3-7-25(31)15-22)23-6-4-8-26(32)16-23/h3-16,20,34H,17-19H2,1-2H3. The molecular formula is C29H28F3NO2. The Morgan fingerprint density at radius 2 is 1.37 bits per heavy atom. The predicted molar refractivity (Wildman–Crippen MR) is 129 cm³/mol. The van der Waals surface area contributed by atoms with E-state index in [4.69, 9.17) is 4.42 Å². The fourth-order valence-corrected chi connectivity index (χ4v) is 4.31. The van der Waals surface area contributed by atoms with Crippen LogP contribution >= 0.6 is 0 Å². The van der Waals surface area contributed by atoms with Crippen molar-refractivity contribution < 1.29 is 22.7 Å². The second-order valence-electron chi connectivity index (χ2n) is 9.19. The Morgan fingerprint density at radius 1 is 0.771 bits per heavy atom. The molecule has 1 heterocycles. The first kappa shape index (κ1) is 24.8. The Kier molecular flexibility index (Phi) is 7.43. The third-order valence-electron chi connectivity index (χ3n) is 5.83. The van der Waals surface area contributed by atoms with Crippen LogP contribution in [0.4, 0.5) is 13.2 Å². The van der Waals surface area contributed by atoms with E-state index in [1.165, 1.54) is 48.5 Å². The maximum Gasteiger partial charge on any atom is 0.173 e. The van der Waals surface area contributed by atoms with Gasteiger partial charge in [-0.1, -0.05) is 50.2 Å². The van der Waals surface area contributed by atoms with Gasteiger partial charge in [0, 0.05) is 13.1 Å². The van der Waals surface area contributed by atoms with Crippen molar-refractivity contribution in [1.29, 1.82) is 0 Å². The molecule has 4 rings (SSSR count). The molecule has 0 atom stereocenters. The van der Waals surface area contributed by atoms with Crippen LogP contribution in [-0.4, -0.2) is 16.6 Å². The van der Waals surface area contributed by atoms with Crippen LogP contribution in [0.2, 0.25) is 0 Å². The second-order valence-corrected chi connectivity index (χ2v) is 9.19. The normalized spacial score (nSPS) is 12.0. The van der Waals surface area contributed by atoms with Crippen LogP contribution in [0.5, 0.6) is 0 Å². The molecule has 0 saturated carbocycles. The zero-order valence-electron chi connectivity index (χ0n) is 19.7. The largest absolute Gasteiger partial charge is 0.461 e. The molecule has 0 aliphatic heterocycles. The molecule has 0 aliphatic carbocycles. The van der Waals surface area contributed by atoms with Gasteiger partial charge in [0.2, 0.25) is 0 Å². The van der Waals surface area contributed by atoms with Gasteiger partial charge in [0.05, 0.1) is 6.54 Å². The molecule has 0 unspecified atom stereocenters. The highest BCUT2D eigenvalue weighted by molar-refractivity contribution is 5.44. The maximum atomic E-state index is 14.1. The van der Waals surface area contributed by atoms with E-state index in [1.807, 2.05) is 0 Å². The highest BCUT2D eigenvalue weighted by Gasteiger charge is 2.38. The van der Waals surface area contributed by atoms with Crippen molar-refractivity contribution in [3.63, 3.8) is 0 Å². The monoisotopic (exact) mass is 479 g/mol. The minimum Gasteiger partial charge on any atom is -0.461 e.